The lowest BCUT2D eigenvalue weighted by atomic mass is 9.77. The van der Waals surface area contributed by atoms with Crippen molar-refractivity contribution in [1.29, 1.82) is 0 Å². The summed E-state index contributed by atoms with van der Waals surface area (Å²) >= 11 is 6.12. The molecule has 2 nitrogen and oxygen atoms in total. The van der Waals surface area contributed by atoms with Crippen molar-refractivity contribution in [3.63, 3.8) is 0 Å². The number of fused-ring (bicyclic) bond motifs is 1. The van der Waals surface area contributed by atoms with Crippen LogP contribution in [0.1, 0.15) is 46.0 Å². The normalized spacial score (nSPS) is 21.4. The topological polar surface area (TPSA) is 15.3 Å². The first kappa shape index (κ1) is 13.1. The van der Waals surface area contributed by atoms with Crippen LogP contribution in [0.4, 0.5) is 11.4 Å². The van der Waals surface area contributed by atoms with Crippen LogP contribution in [0.25, 0.3) is 0 Å². The minimum absolute atomic E-state index is 0.313. The van der Waals surface area contributed by atoms with Crippen LogP contribution in [0.3, 0.4) is 0 Å². The molecule has 1 aromatic rings. The fourth-order valence-corrected chi connectivity index (χ4v) is 4.09. The third-order valence-corrected chi connectivity index (χ3v) is 4.87. The average molecular weight is 279 g/mol. The van der Waals surface area contributed by atoms with Crippen LogP contribution in [0.5, 0.6) is 0 Å². The Morgan fingerprint density at radius 1 is 1.21 bits per heavy atom. The third kappa shape index (κ3) is 2.20. The molecule has 1 aliphatic carbocycles. The summed E-state index contributed by atoms with van der Waals surface area (Å²) in [5, 5.41) is 4.44. The zero-order valence-electron chi connectivity index (χ0n) is 11.9. The SMILES string of the molecule is CC(C)N1c2ccc(Cl)cc2NCC12CCCCC2. The maximum absolute atomic E-state index is 6.12. The summed E-state index contributed by atoms with van der Waals surface area (Å²) in [6.45, 7) is 5.67. The maximum Gasteiger partial charge on any atom is 0.0610 e. The van der Waals surface area contributed by atoms with Crippen LogP contribution in [0.2, 0.25) is 5.02 Å². The van der Waals surface area contributed by atoms with E-state index in [1.165, 1.54) is 43.5 Å². The number of nitrogens with zero attached hydrogens (tertiary/aromatic N) is 1. The summed E-state index contributed by atoms with van der Waals surface area (Å²) in [6, 6.07) is 6.78. The Balaban J connectivity index is 2.04. The predicted octanol–water partition coefficient (Wildman–Crippen LogP) is 4.68. The molecule has 2 aliphatic rings. The van der Waals surface area contributed by atoms with E-state index in [0.29, 0.717) is 11.6 Å². The van der Waals surface area contributed by atoms with Crippen molar-refractivity contribution < 1.29 is 0 Å². The van der Waals surface area contributed by atoms with Gasteiger partial charge in [-0.3, -0.25) is 0 Å². The minimum Gasteiger partial charge on any atom is -0.381 e. The van der Waals surface area contributed by atoms with Crippen LogP contribution in [-0.4, -0.2) is 18.1 Å². The fraction of sp³-hybridized carbons (Fsp3) is 0.625. The highest BCUT2D eigenvalue weighted by molar-refractivity contribution is 6.31. The van der Waals surface area contributed by atoms with E-state index >= 15 is 0 Å². The van der Waals surface area contributed by atoms with Crippen molar-refractivity contribution in [3.8, 4) is 0 Å². The Kier molecular flexibility index (Phi) is 3.38. The van der Waals surface area contributed by atoms with E-state index < -0.39 is 0 Å². The second kappa shape index (κ2) is 4.90. The van der Waals surface area contributed by atoms with E-state index in [0.717, 1.165) is 11.6 Å². The van der Waals surface area contributed by atoms with Crippen molar-refractivity contribution >= 4 is 23.0 Å². The first-order valence-electron chi connectivity index (χ1n) is 7.45. The van der Waals surface area contributed by atoms with E-state index in [-0.39, 0.29) is 0 Å². The molecule has 0 aromatic heterocycles. The number of hydrogen-bond donors (Lipinski definition) is 1. The molecule has 104 valence electrons. The first-order chi connectivity index (χ1) is 9.12. The molecule has 3 heteroatoms. The summed E-state index contributed by atoms with van der Waals surface area (Å²) in [4.78, 5) is 2.65. The van der Waals surface area contributed by atoms with Crippen molar-refractivity contribution in [1.82, 2.24) is 0 Å². The van der Waals surface area contributed by atoms with Gasteiger partial charge in [-0.25, -0.2) is 0 Å². The van der Waals surface area contributed by atoms with Gasteiger partial charge in [-0.15, -0.1) is 0 Å². The third-order valence-electron chi connectivity index (χ3n) is 4.64. The molecule has 0 radical (unpaired) electrons. The smallest absolute Gasteiger partial charge is 0.0610 e. The lowest BCUT2D eigenvalue weighted by molar-refractivity contribution is 0.270. The largest absolute Gasteiger partial charge is 0.381 e. The highest BCUT2D eigenvalue weighted by Gasteiger charge is 2.42. The van der Waals surface area contributed by atoms with Crippen LogP contribution >= 0.6 is 11.6 Å². The van der Waals surface area contributed by atoms with Gasteiger partial charge in [0.1, 0.15) is 0 Å². The monoisotopic (exact) mass is 278 g/mol. The number of nitrogens with one attached hydrogen (secondary N) is 1. The Morgan fingerprint density at radius 3 is 2.63 bits per heavy atom. The molecule has 1 aromatic carbocycles. The molecule has 1 aliphatic heterocycles. The van der Waals surface area contributed by atoms with Gasteiger partial charge in [0.2, 0.25) is 0 Å². The van der Waals surface area contributed by atoms with E-state index in [1.807, 2.05) is 6.07 Å². The maximum atomic E-state index is 6.12. The summed E-state index contributed by atoms with van der Waals surface area (Å²) in [7, 11) is 0. The van der Waals surface area contributed by atoms with Gasteiger partial charge in [0.25, 0.3) is 0 Å². The van der Waals surface area contributed by atoms with Gasteiger partial charge in [0, 0.05) is 17.6 Å². The highest BCUT2D eigenvalue weighted by atomic mass is 35.5. The lowest BCUT2D eigenvalue weighted by Gasteiger charge is -2.53. The van der Waals surface area contributed by atoms with Crippen molar-refractivity contribution in [2.45, 2.75) is 57.5 Å². The van der Waals surface area contributed by atoms with E-state index in [2.05, 4.69) is 36.2 Å². The molecule has 0 unspecified atom stereocenters. The second-order valence-electron chi connectivity index (χ2n) is 6.26. The van der Waals surface area contributed by atoms with Crippen LogP contribution in [0.15, 0.2) is 18.2 Å². The van der Waals surface area contributed by atoms with Gasteiger partial charge in [-0.05, 0) is 44.9 Å². The van der Waals surface area contributed by atoms with Gasteiger partial charge >= 0.3 is 0 Å². The van der Waals surface area contributed by atoms with E-state index in [1.54, 1.807) is 0 Å². The second-order valence-corrected chi connectivity index (χ2v) is 6.70. The molecule has 1 fully saturated rings. The molecule has 3 rings (SSSR count). The molecule has 0 saturated heterocycles. The molecule has 0 bridgehead atoms. The number of anilines is 2. The molecule has 1 N–H and O–H groups in total. The van der Waals surface area contributed by atoms with Gasteiger partial charge in [-0.2, -0.15) is 0 Å². The summed E-state index contributed by atoms with van der Waals surface area (Å²) in [5.74, 6) is 0. The Labute approximate surface area is 121 Å². The van der Waals surface area contributed by atoms with Crippen molar-refractivity contribution in [2.24, 2.45) is 0 Å². The number of halogens is 1. The molecule has 1 spiro atoms. The molecule has 0 atom stereocenters. The number of rotatable bonds is 1. The predicted molar refractivity (Wildman–Crippen MR) is 83.4 cm³/mol. The van der Waals surface area contributed by atoms with E-state index in [9.17, 15) is 0 Å². The summed E-state index contributed by atoms with van der Waals surface area (Å²) < 4.78 is 0. The van der Waals surface area contributed by atoms with Gasteiger partial charge < -0.3 is 10.2 Å². The molecule has 19 heavy (non-hydrogen) atoms. The number of hydrogen-bond acceptors (Lipinski definition) is 2. The minimum atomic E-state index is 0.313. The fourth-order valence-electron chi connectivity index (χ4n) is 3.91. The van der Waals surface area contributed by atoms with Gasteiger partial charge in [0.05, 0.1) is 16.9 Å². The van der Waals surface area contributed by atoms with Crippen molar-refractivity contribution in [3.05, 3.63) is 23.2 Å². The van der Waals surface area contributed by atoms with Crippen LogP contribution in [-0.2, 0) is 0 Å². The lowest BCUT2D eigenvalue weighted by Crippen LogP contribution is -2.59. The Bertz CT molecular complexity index is 464. The summed E-state index contributed by atoms with van der Waals surface area (Å²) in [6.07, 6.45) is 6.71. The Morgan fingerprint density at radius 2 is 1.95 bits per heavy atom. The summed E-state index contributed by atoms with van der Waals surface area (Å²) in [5.41, 5.74) is 2.83. The molecule has 0 amide bonds. The zero-order valence-corrected chi connectivity index (χ0v) is 12.6. The van der Waals surface area contributed by atoms with Crippen LogP contribution < -0.4 is 10.2 Å². The molecule has 1 saturated carbocycles. The zero-order chi connectivity index (χ0) is 13.5. The first-order valence-corrected chi connectivity index (χ1v) is 7.83. The van der Waals surface area contributed by atoms with Crippen molar-refractivity contribution in [2.75, 3.05) is 16.8 Å². The average Bonchev–Trinajstić information content (AvgIpc) is 2.39. The molecular formula is C16H23ClN2. The van der Waals surface area contributed by atoms with Crippen LogP contribution in [0, 0.1) is 0 Å². The molecular weight excluding hydrogens is 256 g/mol. The number of benzene rings is 1. The standard InChI is InChI=1S/C16H23ClN2/c1-12(2)19-15-7-6-13(17)10-14(15)18-11-16(19)8-4-3-5-9-16/h6-7,10,12,18H,3-5,8-9,11H2,1-2H3. The quantitative estimate of drug-likeness (QED) is 0.802. The Hall–Kier alpha value is -0.890. The van der Waals surface area contributed by atoms with E-state index in [4.69, 9.17) is 11.6 Å². The highest BCUT2D eigenvalue weighted by Crippen LogP contribution is 2.45. The van der Waals surface area contributed by atoms with Gasteiger partial charge in [0.15, 0.2) is 0 Å². The van der Waals surface area contributed by atoms with Gasteiger partial charge in [-0.1, -0.05) is 30.9 Å². The molecule has 1 heterocycles.